The molecule has 0 saturated heterocycles. The smallest absolute Gasteiger partial charge is 0.243 e. The van der Waals surface area contributed by atoms with Gasteiger partial charge in [-0.15, -0.1) is 0 Å². The molecule has 7 heteroatoms. The van der Waals surface area contributed by atoms with Crippen LogP contribution < -0.4 is 10.5 Å². The van der Waals surface area contributed by atoms with E-state index < -0.39 is 20.7 Å². The number of benzene rings is 1. The van der Waals surface area contributed by atoms with Crippen LogP contribution in [0.1, 0.15) is 39.0 Å². The Labute approximate surface area is 129 Å². The third kappa shape index (κ3) is 3.67. The van der Waals surface area contributed by atoms with Crippen molar-refractivity contribution in [2.45, 2.75) is 50.0 Å². The third-order valence-electron chi connectivity index (χ3n) is 4.06. The first-order valence-electron chi connectivity index (χ1n) is 7.12. The zero-order valence-corrected chi connectivity index (χ0v) is 13.5. The Bertz CT molecular complexity index is 622. The van der Waals surface area contributed by atoms with E-state index in [1.807, 2.05) is 6.92 Å². The Morgan fingerprint density at radius 3 is 2.71 bits per heavy atom. The van der Waals surface area contributed by atoms with Gasteiger partial charge in [-0.3, -0.25) is 0 Å². The number of anilines is 1. The number of rotatable bonds is 4. The molecule has 0 spiro atoms. The van der Waals surface area contributed by atoms with Crippen LogP contribution in [-0.4, -0.2) is 14.5 Å². The molecule has 2 atom stereocenters. The lowest BCUT2D eigenvalue weighted by molar-refractivity contribution is 0.282. The first-order chi connectivity index (χ1) is 9.85. The van der Waals surface area contributed by atoms with Crippen molar-refractivity contribution in [1.82, 2.24) is 4.72 Å². The molecule has 118 valence electrons. The minimum atomic E-state index is -3.97. The SMILES string of the molecule is CCC1CCCCC1NS(=O)(=O)c1cc(Cl)cc(N)c1F. The van der Waals surface area contributed by atoms with E-state index in [0.29, 0.717) is 0 Å². The van der Waals surface area contributed by atoms with Crippen molar-refractivity contribution in [3.05, 3.63) is 23.0 Å². The molecule has 0 aromatic heterocycles. The van der Waals surface area contributed by atoms with Gasteiger partial charge in [0.1, 0.15) is 4.90 Å². The summed E-state index contributed by atoms with van der Waals surface area (Å²) in [7, 11) is -3.97. The quantitative estimate of drug-likeness (QED) is 0.830. The average Bonchev–Trinajstić information content (AvgIpc) is 2.43. The van der Waals surface area contributed by atoms with Crippen molar-refractivity contribution < 1.29 is 12.8 Å². The van der Waals surface area contributed by atoms with E-state index >= 15 is 0 Å². The first kappa shape index (κ1) is 16.5. The molecule has 0 heterocycles. The molecule has 3 N–H and O–H groups in total. The normalized spacial score (nSPS) is 23.2. The van der Waals surface area contributed by atoms with Crippen LogP contribution >= 0.6 is 11.6 Å². The standard InChI is InChI=1S/C14H20ClFN2O2S/c1-2-9-5-3-4-6-12(9)18-21(19,20)13-8-10(15)7-11(17)14(13)16/h7-9,12,18H,2-6,17H2,1H3. The van der Waals surface area contributed by atoms with Gasteiger partial charge in [-0.1, -0.05) is 37.8 Å². The summed E-state index contributed by atoms with van der Waals surface area (Å²) in [4.78, 5) is -0.479. The van der Waals surface area contributed by atoms with Crippen molar-refractivity contribution in [2.24, 2.45) is 5.92 Å². The summed E-state index contributed by atoms with van der Waals surface area (Å²) in [5, 5.41) is 0.102. The summed E-state index contributed by atoms with van der Waals surface area (Å²) in [5.41, 5.74) is 5.19. The molecule has 21 heavy (non-hydrogen) atoms. The van der Waals surface area contributed by atoms with Gasteiger partial charge >= 0.3 is 0 Å². The number of nitrogens with two attached hydrogens (primary N) is 1. The monoisotopic (exact) mass is 334 g/mol. The summed E-state index contributed by atoms with van der Waals surface area (Å²) < 4.78 is 41.5. The molecule has 1 fully saturated rings. The summed E-state index contributed by atoms with van der Waals surface area (Å²) in [6.45, 7) is 2.04. The van der Waals surface area contributed by atoms with Gasteiger partial charge in [0.25, 0.3) is 0 Å². The predicted octanol–water partition coefficient (Wildman–Crippen LogP) is 3.31. The lowest BCUT2D eigenvalue weighted by atomic mass is 9.83. The molecule has 2 unspecified atom stereocenters. The molecule has 1 aromatic rings. The second-order valence-electron chi connectivity index (χ2n) is 5.49. The number of hydrogen-bond donors (Lipinski definition) is 2. The average molecular weight is 335 g/mol. The van der Waals surface area contributed by atoms with Crippen molar-refractivity contribution in [3.63, 3.8) is 0 Å². The molecule has 1 saturated carbocycles. The van der Waals surface area contributed by atoms with Crippen LogP contribution in [0.3, 0.4) is 0 Å². The highest BCUT2D eigenvalue weighted by atomic mass is 35.5. The summed E-state index contributed by atoms with van der Waals surface area (Å²) in [6, 6.07) is 2.14. The molecule has 1 aromatic carbocycles. The minimum Gasteiger partial charge on any atom is -0.396 e. The number of nitrogen functional groups attached to an aromatic ring is 1. The molecule has 0 bridgehead atoms. The van der Waals surface area contributed by atoms with E-state index in [1.165, 1.54) is 6.07 Å². The van der Waals surface area contributed by atoms with Gasteiger partial charge in [-0.25, -0.2) is 17.5 Å². The fraction of sp³-hybridized carbons (Fsp3) is 0.571. The number of nitrogens with one attached hydrogen (secondary N) is 1. The van der Waals surface area contributed by atoms with Crippen LogP contribution in [0, 0.1) is 11.7 Å². The summed E-state index contributed by atoms with van der Waals surface area (Å²) in [5.74, 6) is -0.663. The zero-order valence-electron chi connectivity index (χ0n) is 11.9. The second kappa shape index (κ2) is 6.50. The summed E-state index contributed by atoms with van der Waals surface area (Å²) in [6.07, 6.45) is 4.74. The maximum Gasteiger partial charge on any atom is 0.243 e. The maximum atomic E-state index is 14.0. The highest BCUT2D eigenvalue weighted by molar-refractivity contribution is 7.89. The molecule has 0 radical (unpaired) electrons. The van der Waals surface area contributed by atoms with E-state index in [2.05, 4.69) is 4.72 Å². The Morgan fingerprint density at radius 2 is 2.05 bits per heavy atom. The van der Waals surface area contributed by atoms with Crippen molar-refractivity contribution in [1.29, 1.82) is 0 Å². The second-order valence-corrected chi connectivity index (χ2v) is 7.61. The Hall–Kier alpha value is -0.850. The topological polar surface area (TPSA) is 72.2 Å². The zero-order chi connectivity index (χ0) is 15.6. The van der Waals surface area contributed by atoms with Gasteiger partial charge in [0.15, 0.2) is 5.82 Å². The number of sulfonamides is 1. The predicted molar refractivity (Wildman–Crippen MR) is 82.2 cm³/mol. The molecule has 0 aliphatic heterocycles. The Kier molecular flexibility index (Phi) is 5.11. The fourth-order valence-corrected chi connectivity index (χ4v) is 4.66. The molecular formula is C14H20ClFN2O2S. The molecule has 2 rings (SSSR count). The van der Waals surface area contributed by atoms with Crippen LogP contribution in [0.5, 0.6) is 0 Å². The minimum absolute atomic E-state index is 0.102. The molecule has 1 aliphatic rings. The van der Waals surface area contributed by atoms with Crippen molar-refractivity contribution in [2.75, 3.05) is 5.73 Å². The lowest BCUT2D eigenvalue weighted by Gasteiger charge is -2.31. The molecular weight excluding hydrogens is 315 g/mol. The van der Waals surface area contributed by atoms with Gasteiger partial charge in [-0.05, 0) is 30.9 Å². The molecule has 4 nitrogen and oxygen atoms in total. The van der Waals surface area contributed by atoms with Gasteiger partial charge in [0.05, 0.1) is 5.69 Å². The van der Waals surface area contributed by atoms with Crippen LogP contribution in [0.25, 0.3) is 0 Å². The lowest BCUT2D eigenvalue weighted by Crippen LogP contribution is -2.42. The van der Waals surface area contributed by atoms with E-state index in [0.717, 1.165) is 38.2 Å². The Morgan fingerprint density at radius 1 is 1.38 bits per heavy atom. The molecule has 0 amide bonds. The third-order valence-corrected chi connectivity index (χ3v) is 5.77. The summed E-state index contributed by atoms with van der Waals surface area (Å²) >= 11 is 5.79. The number of halogens is 2. The van der Waals surface area contributed by atoms with Crippen LogP contribution in [-0.2, 0) is 10.0 Å². The van der Waals surface area contributed by atoms with Crippen LogP contribution in [0.15, 0.2) is 17.0 Å². The number of hydrogen-bond acceptors (Lipinski definition) is 3. The van der Waals surface area contributed by atoms with Gasteiger partial charge in [-0.2, -0.15) is 0 Å². The highest BCUT2D eigenvalue weighted by Gasteiger charge is 2.30. The molecule has 1 aliphatic carbocycles. The van der Waals surface area contributed by atoms with Crippen LogP contribution in [0.2, 0.25) is 5.02 Å². The van der Waals surface area contributed by atoms with E-state index in [-0.39, 0.29) is 22.7 Å². The maximum absolute atomic E-state index is 14.0. The van der Waals surface area contributed by atoms with Gasteiger partial charge < -0.3 is 5.73 Å². The van der Waals surface area contributed by atoms with Gasteiger partial charge in [0.2, 0.25) is 10.0 Å². The highest BCUT2D eigenvalue weighted by Crippen LogP contribution is 2.30. The first-order valence-corrected chi connectivity index (χ1v) is 8.98. The van der Waals surface area contributed by atoms with Crippen molar-refractivity contribution >= 4 is 27.3 Å². The van der Waals surface area contributed by atoms with Gasteiger partial charge in [0, 0.05) is 11.1 Å². The van der Waals surface area contributed by atoms with E-state index in [1.54, 1.807) is 0 Å². The van der Waals surface area contributed by atoms with E-state index in [4.69, 9.17) is 17.3 Å². The van der Waals surface area contributed by atoms with Crippen LogP contribution in [0.4, 0.5) is 10.1 Å². The Balaban J connectivity index is 2.30. The van der Waals surface area contributed by atoms with Crippen molar-refractivity contribution in [3.8, 4) is 0 Å². The van der Waals surface area contributed by atoms with E-state index in [9.17, 15) is 12.8 Å². The largest absolute Gasteiger partial charge is 0.396 e. The fourth-order valence-electron chi connectivity index (χ4n) is 2.89.